The van der Waals surface area contributed by atoms with Crippen molar-refractivity contribution in [3.05, 3.63) is 60.2 Å². The average Bonchev–Trinajstić information content (AvgIpc) is 3.07. The molecular weight excluding hydrogens is 242 g/mol. The Balaban J connectivity index is 2.01. The lowest BCUT2D eigenvalue weighted by Crippen LogP contribution is -2.08. The minimum atomic E-state index is -0.802. The molecule has 2 aromatic heterocycles. The number of aliphatic hydroxyl groups is 1. The highest BCUT2D eigenvalue weighted by Gasteiger charge is 2.18. The second kappa shape index (κ2) is 4.66. The molecule has 6 heteroatoms. The Kier molecular flexibility index (Phi) is 2.85. The Morgan fingerprint density at radius 3 is 2.63 bits per heavy atom. The molecule has 1 unspecified atom stereocenters. The van der Waals surface area contributed by atoms with Gasteiger partial charge in [0.25, 0.3) is 0 Å². The summed E-state index contributed by atoms with van der Waals surface area (Å²) in [4.78, 5) is 0. The maximum Gasteiger partial charge on any atom is 0.126 e. The Morgan fingerprint density at radius 1 is 1.16 bits per heavy atom. The first-order chi connectivity index (χ1) is 9.25. The van der Waals surface area contributed by atoms with Crippen LogP contribution >= 0.6 is 0 Å². The molecule has 0 saturated carbocycles. The van der Waals surface area contributed by atoms with Gasteiger partial charge in [0.2, 0.25) is 0 Å². The number of nitrogens with zero attached hydrogens (tertiary/aromatic N) is 5. The van der Waals surface area contributed by atoms with E-state index in [1.165, 1.54) is 0 Å². The zero-order chi connectivity index (χ0) is 13.2. The Morgan fingerprint density at radius 2 is 1.95 bits per heavy atom. The molecule has 3 aromatic rings. The van der Waals surface area contributed by atoms with Crippen LogP contribution in [0.2, 0.25) is 0 Å². The largest absolute Gasteiger partial charge is 0.382 e. The SMILES string of the molecule is Cn1cc(C(O)c2cnnn2-c2ccccc2)cn1. The molecule has 1 aromatic carbocycles. The molecule has 0 fully saturated rings. The van der Waals surface area contributed by atoms with Crippen LogP contribution < -0.4 is 0 Å². The van der Waals surface area contributed by atoms with Crippen LogP contribution in [0, 0.1) is 0 Å². The van der Waals surface area contributed by atoms with E-state index in [0.29, 0.717) is 11.3 Å². The van der Waals surface area contributed by atoms with Gasteiger partial charge in [0.1, 0.15) is 6.10 Å². The molecule has 1 atom stereocenters. The monoisotopic (exact) mass is 255 g/mol. The van der Waals surface area contributed by atoms with E-state index in [9.17, 15) is 5.11 Å². The van der Waals surface area contributed by atoms with Crippen LogP contribution in [0.15, 0.2) is 48.9 Å². The summed E-state index contributed by atoms with van der Waals surface area (Å²) >= 11 is 0. The van der Waals surface area contributed by atoms with Crippen LogP contribution in [0.5, 0.6) is 0 Å². The highest BCUT2D eigenvalue weighted by molar-refractivity contribution is 5.33. The first-order valence-corrected chi connectivity index (χ1v) is 5.88. The lowest BCUT2D eigenvalue weighted by molar-refractivity contribution is 0.212. The molecule has 0 aliphatic heterocycles. The van der Waals surface area contributed by atoms with Gasteiger partial charge >= 0.3 is 0 Å². The minimum Gasteiger partial charge on any atom is -0.382 e. The van der Waals surface area contributed by atoms with Gasteiger partial charge in [-0.3, -0.25) is 4.68 Å². The summed E-state index contributed by atoms with van der Waals surface area (Å²) in [6.07, 6.45) is 4.16. The van der Waals surface area contributed by atoms with E-state index in [1.807, 2.05) is 37.4 Å². The maximum atomic E-state index is 10.4. The predicted octanol–water partition coefficient (Wildman–Crippen LogP) is 1.08. The number of hydrogen-bond acceptors (Lipinski definition) is 4. The van der Waals surface area contributed by atoms with Crippen LogP contribution in [-0.4, -0.2) is 29.9 Å². The van der Waals surface area contributed by atoms with Gasteiger partial charge in [-0.05, 0) is 12.1 Å². The van der Waals surface area contributed by atoms with Gasteiger partial charge in [0, 0.05) is 18.8 Å². The van der Waals surface area contributed by atoms with Gasteiger partial charge in [-0.1, -0.05) is 23.4 Å². The van der Waals surface area contributed by atoms with Gasteiger partial charge in [-0.25, -0.2) is 4.68 Å². The number of para-hydroxylation sites is 1. The molecular formula is C13H13N5O. The molecule has 0 amide bonds. The Bertz CT molecular complexity index is 673. The summed E-state index contributed by atoms with van der Waals surface area (Å²) in [5.74, 6) is 0. The quantitative estimate of drug-likeness (QED) is 0.760. The maximum absolute atomic E-state index is 10.4. The predicted molar refractivity (Wildman–Crippen MR) is 68.6 cm³/mol. The summed E-state index contributed by atoms with van der Waals surface area (Å²) in [5.41, 5.74) is 2.18. The number of aliphatic hydroxyl groups excluding tert-OH is 1. The van der Waals surface area contributed by atoms with E-state index in [2.05, 4.69) is 15.4 Å². The summed E-state index contributed by atoms with van der Waals surface area (Å²) in [7, 11) is 1.81. The second-order valence-corrected chi connectivity index (χ2v) is 4.26. The lowest BCUT2D eigenvalue weighted by atomic mass is 10.1. The summed E-state index contributed by atoms with van der Waals surface area (Å²) < 4.78 is 3.27. The fraction of sp³-hybridized carbons (Fsp3) is 0.154. The highest BCUT2D eigenvalue weighted by atomic mass is 16.3. The zero-order valence-corrected chi connectivity index (χ0v) is 10.4. The topological polar surface area (TPSA) is 68.8 Å². The first-order valence-electron chi connectivity index (χ1n) is 5.88. The van der Waals surface area contributed by atoms with Crippen molar-refractivity contribution in [3.8, 4) is 5.69 Å². The molecule has 0 radical (unpaired) electrons. The normalized spacial score (nSPS) is 12.5. The third-order valence-electron chi connectivity index (χ3n) is 2.90. The van der Waals surface area contributed by atoms with E-state index < -0.39 is 6.10 Å². The molecule has 19 heavy (non-hydrogen) atoms. The van der Waals surface area contributed by atoms with Crippen molar-refractivity contribution in [1.29, 1.82) is 0 Å². The Hall–Kier alpha value is -2.47. The second-order valence-electron chi connectivity index (χ2n) is 4.26. The van der Waals surface area contributed by atoms with Gasteiger partial charge in [-0.15, -0.1) is 5.10 Å². The molecule has 6 nitrogen and oxygen atoms in total. The number of rotatable bonds is 3. The van der Waals surface area contributed by atoms with Crippen LogP contribution in [0.25, 0.3) is 5.69 Å². The third kappa shape index (κ3) is 2.13. The van der Waals surface area contributed by atoms with E-state index in [0.717, 1.165) is 5.69 Å². The number of aromatic nitrogens is 5. The van der Waals surface area contributed by atoms with Gasteiger partial charge in [-0.2, -0.15) is 5.10 Å². The van der Waals surface area contributed by atoms with Gasteiger partial charge in [0.05, 0.1) is 23.8 Å². The lowest BCUT2D eigenvalue weighted by Gasteiger charge is -2.10. The smallest absolute Gasteiger partial charge is 0.126 e. The number of aryl methyl sites for hydroxylation is 1. The number of hydrogen-bond donors (Lipinski definition) is 1. The standard InChI is InChI=1S/C13H13N5O/c1-17-9-10(7-15-17)13(19)12-8-14-16-18(12)11-5-3-2-4-6-11/h2-9,13,19H,1H3. The van der Waals surface area contributed by atoms with E-state index >= 15 is 0 Å². The van der Waals surface area contributed by atoms with Crippen molar-refractivity contribution in [1.82, 2.24) is 24.8 Å². The fourth-order valence-corrected chi connectivity index (χ4v) is 1.95. The number of benzene rings is 1. The molecule has 2 heterocycles. The molecule has 0 spiro atoms. The van der Waals surface area contributed by atoms with Crippen molar-refractivity contribution in [2.75, 3.05) is 0 Å². The van der Waals surface area contributed by atoms with Gasteiger partial charge in [0.15, 0.2) is 0 Å². The van der Waals surface area contributed by atoms with Crippen LogP contribution in [0.4, 0.5) is 0 Å². The van der Waals surface area contributed by atoms with Crippen molar-refractivity contribution >= 4 is 0 Å². The average molecular weight is 255 g/mol. The molecule has 96 valence electrons. The summed E-state index contributed by atoms with van der Waals surface area (Å²) in [6, 6.07) is 9.58. The molecule has 0 aliphatic rings. The summed E-state index contributed by atoms with van der Waals surface area (Å²) in [5, 5.41) is 22.3. The summed E-state index contributed by atoms with van der Waals surface area (Å²) in [6.45, 7) is 0. The Labute approximate surface area is 109 Å². The van der Waals surface area contributed by atoms with Crippen molar-refractivity contribution in [3.63, 3.8) is 0 Å². The van der Waals surface area contributed by atoms with E-state index in [-0.39, 0.29) is 0 Å². The first kappa shape index (κ1) is 11.6. The van der Waals surface area contributed by atoms with Crippen LogP contribution in [-0.2, 0) is 7.05 Å². The third-order valence-corrected chi connectivity index (χ3v) is 2.90. The van der Waals surface area contributed by atoms with E-state index in [4.69, 9.17) is 0 Å². The van der Waals surface area contributed by atoms with Crippen LogP contribution in [0.3, 0.4) is 0 Å². The minimum absolute atomic E-state index is 0.610. The zero-order valence-electron chi connectivity index (χ0n) is 10.4. The van der Waals surface area contributed by atoms with Crippen molar-refractivity contribution in [2.24, 2.45) is 7.05 Å². The van der Waals surface area contributed by atoms with E-state index in [1.54, 1.807) is 28.0 Å². The molecule has 0 bridgehead atoms. The van der Waals surface area contributed by atoms with Crippen LogP contribution in [0.1, 0.15) is 17.4 Å². The highest BCUT2D eigenvalue weighted by Crippen LogP contribution is 2.22. The molecule has 0 saturated heterocycles. The molecule has 3 rings (SSSR count). The van der Waals surface area contributed by atoms with Crippen molar-refractivity contribution < 1.29 is 5.11 Å². The molecule has 1 N–H and O–H groups in total. The fourth-order valence-electron chi connectivity index (χ4n) is 1.95. The van der Waals surface area contributed by atoms with Crippen molar-refractivity contribution in [2.45, 2.75) is 6.10 Å². The molecule has 0 aliphatic carbocycles. The van der Waals surface area contributed by atoms with Gasteiger partial charge < -0.3 is 5.11 Å².